The number of aliphatic hydroxyl groups excluding tert-OH is 1. The highest BCUT2D eigenvalue weighted by Gasteiger charge is 2.12. The lowest BCUT2D eigenvalue weighted by atomic mass is 10.3. The molecule has 1 unspecified atom stereocenters. The zero-order chi connectivity index (χ0) is 14.4. The predicted molar refractivity (Wildman–Crippen MR) is 75.4 cm³/mol. The van der Waals surface area contributed by atoms with Gasteiger partial charge < -0.3 is 16.2 Å². The maximum Gasteiger partial charge on any atom is 0.248 e. The third-order valence-corrected chi connectivity index (χ3v) is 3.81. The highest BCUT2D eigenvalue weighted by atomic mass is 35.5. The highest BCUT2D eigenvalue weighted by molar-refractivity contribution is 8.00. The van der Waals surface area contributed by atoms with Crippen LogP contribution >= 0.6 is 35.0 Å². The van der Waals surface area contributed by atoms with E-state index in [1.807, 2.05) is 0 Å². The largest absolute Gasteiger partial charge is 0.381 e. The molecule has 0 heterocycles. The average Bonchev–Trinajstić information content (AvgIpc) is 2.36. The first-order valence-corrected chi connectivity index (χ1v) is 6.96. The number of primary amides is 1. The normalized spacial score (nSPS) is 11.9. The Morgan fingerprint density at radius 2 is 2.11 bits per heavy atom. The number of rotatable bonds is 6. The Morgan fingerprint density at radius 1 is 1.42 bits per heavy atom. The first-order valence-electron chi connectivity index (χ1n) is 5.22. The monoisotopic (exact) mass is 322 g/mol. The number of nitrogens with two attached hydrogens (primary N) is 1. The van der Waals surface area contributed by atoms with Crippen LogP contribution in [0.25, 0.3) is 0 Å². The molecule has 1 aromatic rings. The summed E-state index contributed by atoms with van der Waals surface area (Å²) in [4.78, 5) is 22.7. The van der Waals surface area contributed by atoms with E-state index in [4.69, 9.17) is 34.0 Å². The van der Waals surface area contributed by atoms with Crippen molar-refractivity contribution in [3.05, 3.63) is 28.2 Å². The molecule has 0 radical (unpaired) electrons. The molecule has 8 heteroatoms. The second kappa shape index (κ2) is 7.59. The van der Waals surface area contributed by atoms with Crippen molar-refractivity contribution in [3.63, 3.8) is 0 Å². The van der Waals surface area contributed by atoms with E-state index in [1.165, 1.54) is 11.8 Å². The van der Waals surface area contributed by atoms with Gasteiger partial charge in [-0.3, -0.25) is 9.59 Å². The summed E-state index contributed by atoms with van der Waals surface area (Å²) in [7, 11) is 0. The Hall–Kier alpha value is -0.950. The molecule has 0 aliphatic heterocycles. The number of carbonyl (C=O) groups excluding carboxylic acids is 2. The van der Waals surface area contributed by atoms with Gasteiger partial charge >= 0.3 is 0 Å². The van der Waals surface area contributed by atoms with Crippen molar-refractivity contribution in [1.82, 2.24) is 5.32 Å². The molecule has 1 rings (SSSR count). The van der Waals surface area contributed by atoms with Crippen LogP contribution in [0.4, 0.5) is 0 Å². The Bertz CT molecular complexity index is 485. The van der Waals surface area contributed by atoms with Crippen molar-refractivity contribution < 1.29 is 14.7 Å². The van der Waals surface area contributed by atoms with E-state index in [0.29, 0.717) is 14.9 Å². The zero-order valence-corrected chi connectivity index (χ0v) is 12.1. The molecule has 5 nitrogen and oxygen atoms in total. The molecular weight excluding hydrogens is 311 g/mol. The predicted octanol–water partition coefficient (Wildman–Crippen LogP) is 1.05. The summed E-state index contributed by atoms with van der Waals surface area (Å²) in [5.74, 6) is -1.14. The van der Waals surface area contributed by atoms with Crippen molar-refractivity contribution >= 4 is 46.8 Å². The summed E-state index contributed by atoms with van der Waals surface area (Å²) in [6.45, 7) is -0.210. The summed E-state index contributed by atoms with van der Waals surface area (Å²) < 4.78 is 0. The van der Waals surface area contributed by atoms with E-state index >= 15 is 0 Å². The summed E-state index contributed by atoms with van der Waals surface area (Å²) in [5.41, 5.74) is 4.85. The molecule has 4 N–H and O–H groups in total. The number of hydrogen-bond acceptors (Lipinski definition) is 4. The first kappa shape index (κ1) is 16.1. The Labute approximate surface area is 124 Å². The van der Waals surface area contributed by atoms with Crippen molar-refractivity contribution in [2.75, 3.05) is 12.3 Å². The highest BCUT2D eigenvalue weighted by Crippen LogP contribution is 2.29. The third-order valence-electron chi connectivity index (χ3n) is 2.07. The van der Waals surface area contributed by atoms with E-state index in [2.05, 4.69) is 5.32 Å². The molecule has 104 valence electrons. The maximum atomic E-state index is 11.5. The Balaban J connectivity index is 2.42. The Kier molecular flexibility index (Phi) is 6.44. The van der Waals surface area contributed by atoms with E-state index in [-0.39, 0.29) is 18.2 Å². The lowest BCUT2D eigenvalue weighted by Crippen LogP contribution is -2.40. The van der Waals surface area contributed by atoms with Crippen LogP contribution in [0.15, 0.2) is 23.1 Å². The summed E-state index contributed by atoms with van der Waals surface area (Å²) in [5, 5.41) is 12.5. The number of aliphatic hydroxyl groups is 1. The SMILES string of the molecule is NC(=O)C(O)CNC(=O)CSc1cc(Cl)ccc1Cl. The molecule has 19 heavy (non-hydrogen) atoms. The van der Waals surface area contributed by atoms with Crippen LogP contribution in [0.3, 0.4) is 0 Å². The summed E-state index contributed by atoms with van der Waals surface area (Å²) >= 11 is 13.0. The Morgan fingerprint density at radius 3 is 2.74 bits per heavy atom. The first-order chi connectivity index (χ1) is 8.90. The van der Waals surface area contributed by atoms with Crippen molar-refractivity contribution in [2.24, 2.45) is 5.73 Å². The molecule has 0 saturated heterocycles. The van der Waals surface area contributed by atoms with Crippen LogP contribution in [-0.2, 0) is 9.59 Å². The molecular formula is C11H12Cl2N2O3S. The third kappa shape index (κ3) is 5.69. The van der Waals surface area contributed by atoms with Crippen molar-refractivity contribution in [1.29, 1.82) is 0 Å². The van der Waals surface area contributed by atoms with E-state index in [0.717, 1.165) is 0 Å². The molecule has 0 fully saturated rings. The van der Waals surface area contributed by atoms with Gasteiger partial charge in [0.2, 0.25) is 11.8 Å². The minimum absolute atomic E-state index is 0.0888. The quantitative estimate of drug-likeness (QED) is 0.682. The number of carbonyl (C=O) groups is 2. The number of hydrogen-bond donors (Lipinski definition) is 3. The van der Waals surface area contributed by atoms with Gasteiger partial charge in [0, 0.05) is 9.92 Å². The van der Waals surface area contributed by atoms with Gasteiger partial charge in [-0.15, -0.1) is 11.8 Å². The second-order valence-corrected chi connectivity index (χ2v) is 5.45. The summed E-state index contributed by atoms with van der Waals surface area (Å²) in [6, 6.07) is 4.94. The molecule has 0 saturated carbocycles. The molecule has 0 aliphatic rings. The standard InChI is InChI=1S/C11H12Cl2N2O3S/c12-6-1-2-7(13)9(3-6)19-5-10(17)15-4-8(16)11(14)18/h1-3,8,16H,4-5H2,(H2,14,18)(H,15,17). The molecule has 0 aliphatic carbocycles. The van der Waals surface area contributed by atoms with Gasteiger partial charge in [-0.1, -0.05) is 23.2 Å². The fraction of sp³-hybridized carbons (Fsp3) is 0.273. The van der Waals surface area contributed by atoms with E-state index in [9.17, 15) is 9.59 Å². The fourth-order valence-electron chi connectivity index (χ4n) is 1.09. The number of thioether (sulfide) groups is 1. The fourth-order valence-corrected chi connectivity index (χ4v) is 2.42. The van der Waals surface area contributed by atoms with Crippen LogP contribution < -0.4 is 11.1 Å². The van der Waals surface area contributed by atoms with Crippen LogP contribution in [-0.4, -0.2) is 35.3 Å². The maximum absolute atomic E-state index is 11.5. The van der Waals surface area contributed by atoms with Crippen LogP contribution in [0.1, 0.15) is 0 Å². The van der Waals surface area contributed by atoms with Gasteiger partial charge in [0.05, 0.1) is 17.3 Å². The number of halogens is 2. The molecule has 1 atom stereocenters. The van der Waals surface area contributed by atoms with Crippen molar-refractivity contribution in [3.8, 4) is 0 Å². The van der Waals surface area contributed by atoms with Gasteiger partial charge in [-0.2, -0.15) is 0 Å². The van der Waals surface area contributed by atoms with Gasteiger partial charge in [0.15, 0.2) is 0 Å². The average molecular weight is 323 g/mol. The minimum Gasteiger partial charge on any atom is -0.381 e. The second-order valence-electron chi connectivity index (χ2n) is 3.59. The van der Waals surface area contributed by atoms with Crippen molar-refractivity contribution in [2.45, 2.75) is 11.0 Å². The van der Waals surface area contributed by atoms with Crippen LogP contribution in [0, 0.1) is 0 Å². The van der Waals surface area contributed by atoms with Gasteiger partial charge in [-0.25, -0.2) is 0 Å². The molecule has 2 amide bonds. The topological polar surface area (TPSA) is 92.4 Å². The molecule has 0 aromatic heterocycles. The van der Waals surface area contributed by atoms with E-state index < -0.39 is 12.0 Å². The number of benzene rings is 1. The van der Waals surface area contributed by atoms with Gasteiger partial charge in [-0.05, 0) is 18.2 Å². The summed E-state index contributed by atoms with van der Waals surface area (Å²) in [6.07, 6.45) is -1.39. The minimum atomic E-state index is -1.39. The lowest BCUT2D eigenvalue weighted by molar-refractivity contribution is -0.126. The van der Waals surface area contributed by atoms with Gasteiger partial charge in [0.1, 0.15) is 6.10 Å². The number of nitrogens with one attached hydrogen (secondary N) is 1. The molecule has 1 aromatic carbocycles. The molecule has 0 bridgehead atoms. The van der Waals surface area contributed by atoms with Crippen LogP contribution in [0.2, 0.25) is 10.0 Å². The lowest BCUT2D eigenvalue weighted by Gasteiger charge is -2.09. The molecule has 0 spiro atoms. The van der Waals surface area contributed by atoms with Crippen LogP contribution in [0.5, 0.6) is 0 Å². The smallest absolute Gasteiger partial charge is 0.248 e. The van der Waals surface area contributed by atoms with Gasteiger partial charge in [0.25, 0.3) is 0 Å². The number of amides is 2. The van der Waals surface area contributed by atoms with E-state index in [1.54, 1.807) is 18.2 Å². The zero-order valence-electron chi connectivity index (χ0n) is 9.73.